The lowest BCUT2D eigenvalue weighted by Crippen LogP contribution is -1.98. The van der Waals surface area contributed by atoms with Gasteiger partial charge in [-0.3, -0.25) is 0 Å². The van der Waals surface area contributed by atoms with Crippen LogP contribution in [0.2, 0.25) is 0 Å². The van der Waals surface area contributed by atoms with E-state index in [0.29, 0.717) is 11.5 Å². The Bertz CT molecular complexity index is 2810. The van der Waals surface area contributed by atoms with E-state index in [0.717, 1.165) is 72.2 Å². The molecule has 56 heavy (non-hydrogen) atoms. The van der Waals surface area contributed by atoms with Crippen molar-refractivity contribution in [2.45, 2.75) is 0 Å². The van der Waals surface area contributed by atoms with E-state index in [1.54, 1.807) is 0 Å². The monoisotopic (exact) mass is 715 g/mol. The quantitative estimate of drug-likeness (QED) is 0.151. The first-order valence-electron chi connectivity index (χ1n) is 18.8. The summed E-state index contributed by atoms with van der Waals surface area (Å²) in [5.74, 6) is 0.694. The highest BCUT2D eigenvalue weighted by Gasteiger charge is 2.14. The maximum Gasteiger partial charge on any atom is 0.160 e. The van der Waals surface area contributed by atoms with Crippen molar-refractivity contribution in [3.05, 3.63) is 235 Å². The Morgan fingerprint density at radius 2 is 0.839 bits per heavy atom. The van der Waals surface area contributed by atoms with Gasteiger partial charge in [0.2, 0.25) is 0 Å². The number of fused-ring (bicyclic) bond motifs is 1. The summed E-state index contributed by atoms with van der Waals surface area (Å²) in [5, 5.41) is 11.3. The Balaban J connectivity index is 1.08. The van der Waals surface area contributed by atoms with Gasteiger partial charge in [-0.25, -0.2) is 9.97 Å². The molecular formula is C53H37N3. The fraction of sp³-hybridized carbons (Fsp3) is 0. The summed E-state index contributed by atoms with van der Waals surface area (Å²) in [5.41, 5.74) is 13.9. The minimum absolute atomic E-state index is 0.473. The van der Waals surface area contributed by atoms with Crippen LogP contribution in [0.5, 0.6) is 0 Å². The summed E-state index contributed by atoms with van der Waals surface area (Å²) >= 11 is 0. The van der Waals surface area contributed by atoms with Gasteiger partial charge in [-0.2, -0.15) is 0 Å². The van der Waals surface area contributed by atoms with Crippen molar-refractivity contribution in [2.75, 3.05) is 0 Å². The average molecular weight is 716 g/mol. The molecule has 8 aromatic carbocycles. The van der Waals surface area contributed by atoms with Crippen LogP contribution < -0.4 is 0 Å². The number of hydrogen-bond donors (Lipinski definition) is 1. The third-order valence-electron chi connectivity index (χ3n) is 10.2. The standard InChI is InChI=1S/C53H37N3/c54-50(42-18-9-3-10-19-42)35-49(40-16-7-2-8-17-40)47-23-13-22-41-28-33-46(34-48(41)47)39-26-31-44(32-27-39)52-36-51(55-53(56-52)45-20-11-4-12-21-45)43-29-24-38(25-30-43)37-14-5-1-6-15-37/h1-36,54H/b49-35-,54-50?. The second-order valence-electron chi connectivity index (χ2n) is 13.8. The van der Waals surface area contributed by atoms with Crippen molar-refractivity contribution in [2.24, 2.45) is 0 Å². The number of rotatable bonds is 9. The zero-order valence-corrected chi connectivity index (χ0v) is 30.7. The molecule has 1 aromatic heterocycles. The minimum Gasteiger partial charge on any atom is -0.300 e. The summed E-state index contributed by atoms with van der Waals surface area (Å²) in [6.07, 6.45) is 2.00. The molecule has 9 rings (SSSR count). The highest BCUT2D eigenvalue weighted by atomic mass is 14.9. The van der Waals surface area contributed by atoms with E-state index in [4.69, 9.17) is 15.4 Å². The molecule has 0 aliphatic carbocycles. The summed E-state index contributed by atoms with van der Waals surface area (Å²) in [6.45, 7) is 0. The second kappa shape index (κ2) is 15.5. The van der Waals surface area contributed by atoms with Crippen LogP contribution >= 0.6 is 0 Å². The molecular weight excluding hydrogens is 679 g/mol. The molecule has 0 aliphatic heterocycles. The van der Waals surface area contributed by atoms with Gasteiger partial charge in [0.1, 0.15) is 0 Å². The average Bonchev–Trinajstić information content (AvgIpc) is 3.29. The molecule has 9 aromatic rings. The summed E-state index contributed by atoms with van der Waals surface area (Å²) < 4.78 is 0. The Morgan fingerprint density at radius 1 is 0.375 bits per heavy atom. The van der Waals surface area contributed by atoms with Gasteiger partial charge in [-0.05, 0) is 73.5 Å². The molecule has 3 heteroatoms. The van der Waals surface area contributed by atoms with Crippen LogP contribution in [-0.4, -0.2) is 15.7 Å². The third kappa shape index (κ3) is 7.22. The van der Waals surface area contributed by atoms with Crippen LogP contribution in [-0.2, 0) is 0 Å². The number of hydrogen-bond acceptors (Lipinski definition) is 3. The van der Waals surface area contributed by atoms with Gasteiger partial charge >= 0.3 is 0 Å². The lowest BCUT2D eigenvalue weighted by Gasteiger charge is -2.14. The second-order valence-corrected chi connectivity index (χ2v) is 13.8. The molecule has 264 valence electrons. The van der Waals surface area contributed by atoms with Gasteiger partial charge in [-0.15, -0.1) is 0 Å². The number of nitrogens with one attached hydrogen (secondary N) is 1. The van der Waals surface area contributed by atoms with Crippen LogP contribution in [0.4, 0.5) is 0 Å². The maximum atomic E-state index is 9.01. The van der Waals surface area contributed by atoms with Gasteiger partial charge in [0.05, 0.1) is 17.1 Å². The van der Waals surface area contributed by atoms with E-state index in [1.807, 2.05) is 66.7 Å². The molecule has 0 amide bonds. The van der Waals surface area contributed by atoms with Crippen LogP contribution in [0.1, 0.15) is 16.7 Å². The van der Waals surface area contributed by atoms with Gasteiger partial charge in [-0.1, -0.05) is 200 Å². The lowest BCUT2D eigenvalue weighted by molar-refractivity contribution is 1.18. The Hall–Kier alpha value is -7.49. The van der Waals surface area contributed by atoms with E-state index in [1.165, 1.54) is 11.1 Å². The van der Waals surface area contributed by atoms with E-state index < -0.39 is 0 Å². The first-order chi connectivity index (χ1) is 27.7. The smallest absolute Gasteiger partial charge is 0.160 e. The molecule has 0 atom stereocenters. The Labute approximate surface area is 327 Å². The molecule has 0 saturated heterocycles. The van der Waals surface area contributed by atoms with E-state index >= 15 is 0 Å². The molecule has 0 fully saturated rings. The highest BCUT2D eigenvalue weighted by molar-refractivity contribution is 6.13. The van der Waals surface area contributed by atoms with E-state index in [2.05, 4.69) is 152 Å². The predicted octanol–water partition coefficient (Wildman–Crippen LogP) is 13.5. The maximum absolute atomic E-state index is 9.01. The summed E-state index contributed by atoms with van der Waals surface area (Å²) in [4.78, 5) is 10.1. The third-order valence-corrected chi connectivity index (χ3v) is 10.2. The fourth-order valence-corrected chi connectivity index (χ4v) is 7.22. The lowest BCUT2D eigenvalue weighted by atomic mass is 9.90. The Morgan fingerprint density at radius 3 is 1.43 bits per heavy atom. The highest BCUT2D eigenvalue weighted by Crippen LogP contribution is 2.35. The zero-order valence-electron chi connectivity index (χ0n) is 30.7. The Kier molecular flexibility index (Phi) is 9.47. The van der Waals surface area contributed by atoms with Crippen LogP contribution in [0, 0.1) is 5.41 Å². The molecule has 1 heterocycles. The normalized spacial score (nSPS) is 11.4. The molecule has 0 unspecified atom stereocenters. The minimum atomic E-state index is 0.473. The largest absolute Gasteiger partial charge is 0.300 e. The van der Waals surface area contributed by atoms with Crippen molar-refractivity contribution in [1.29, 1.82) is 5.41 Å². The molecule has 1 N–H and O–H groups in total. The topological polar surface area (TPSA) is 49.6 Å². The molecule has 0 spiro atoms. The number of aromatic nitrogens is 2. The van der Waals surface area contributed by atoms with Gasteiger partial charge in [0.15, 0.2) is 5.82 Å². The van der Waals surface area contributed by atoms with Crippen LogP contribution in [0.15, 0.2) is 218 Å². The van der Waals surface area contributed by atoms with Crippen molar-refractivity contribution in [3.8, 4) is 56.2 Å². The van der Waals surface area contributed by atoms with Gasteiger partial charge in [0.25, 0.3) is 0 Å². The molecule has 0 aliphatic rings. The van der Waals surface area contributed by atoms with Gasteiger partial charge in [0, 0.05) is 16.7 Å². The van der Waals surface area contributed by atoms with Gasteiger partial charge < -0.3 is 5.41 Å². The van der Waals surface area contributed by atoms with Crippen LogP contribution in [0.3, 0.4) is 0 Å². The summed E-state index contributed by atoms with van der Waals surface area (Å²) in [6, 6.07) is 73.3. The fourth-order valence-electron chi connectivity index (χ4n) is 7.22. The molecule has 0 saturated carbocycles. The summed E-state index contributed by atoms with van der Waals surface area (Å²) in [7, 11) is 0. The SMILES string of the molecule is N=C(/C=C(/c1ccccc1)c1cccc2ccc(-c3ccc(-c4cc(-c5ccc(-c6ccccc6)cc5)nc(-c5ccccc5)n4)cc3)cc12)c1ccccc1. The molecule has 0 radical (unpaired) electrons. The van der Waals surface area contributed by atoms with E-state index in [9.17, 15) is 0 Å². The zero-order chi connectivity index (χ0) is 37.7. The molecule has 0 bridgehead atoms. The van der Waals surface area contributed by atoms with Crippen molar-refractivity contribution in [3.63, 3.8) is 0 Å². The van der Waals surface area contributed by atoms with E-state index in [-0.39, 0.29) is 0 Å². The molecule has 3 nitrogen and oxygen atoms in total. The number of nitrogens with zero attached hydrogens (tertiary/aromatic N) is 2. The van der Waals surface area contributed by atoms with Crippen molar-refractivity contribution in [1.82, 2.24) is 9.97 Å². The number of allylic oxidation sites excluding steroid dienone is 1. The number of benzene rings is 8. The van der Waals surface area contributed by atoms with Crippen LogP contribution in [0.25, 0.3) is 72.5 Å². The van der Waals surface area contributed by atoms with Crippen molar-refractivity contribution < 1.29 is 0 Å². The first kappa shape index (κ1) is 34.3. The van der Waals surface area contributed by atoms with Crippen molar-refractivity contribution >= 4 is 22.1 Å². The first-order valence-corrected chi connectivity index (χ1v) is 18.8. The predicted molar refractivity (Wildman–Crippen MR) is 234 cm³/mol.